The smallest absolute Gasteiger partial charge is 0.333 e. The Morgan fingerprint density at radius 3 is 2.29 bits per heavy atom. The number of hydrogen-bond acceptors (Lipinski definition) is 3. The highest BCUT2D eigenvalue weighted by Crippen LogP contribution is 2.14. The second-order valence-electron chi connectivity index (χ2n) is 4.16. The van der Waals surface area contributed by atoms with Gasteiger partial charge in [-0.15, -0.1) is 0 Å². The second kappa shape index (κ2) is 6.25. The van der Waals surface area contributed by atoms with E-state index in [1.54, 1.807) is 7.11 Å². The minimum atomic E-state index is -0.923. The normalized spacial score (nSPS) is 12.5. The highest BCUT2D eigenvalue weighted by atomic mass is 16.5. The Morgan fingerprint density at radius 2 is 1.88 bits per heavy atom. The summed E-state index contributed by atoms with van der Waals surface area (Å²) in [4.78, 5) is 10.9. The number of hydrogen-bond donors (Lipinski definition) is 1. The molecule has 0 amide bonds. The van der Waals surface area contributed by atoms with E-state index >= 15 is 0 Å². The number of methoxy groups -OCH3 is 1. The first-order valence-electron chi connectivity index (χ1n) is 5.52. The van der Waals surface area contributed by atoms with Gasteiger partial charge in [-0.1, -0.05) is 26.0 Å². The maximum absolute atomic E-state index is 10.9. The van der Waals surface area contributed by atoms with Crippen molar-refractivity contribution >= 4 is 5.97 Å². The molecule has 0 saturated carbocycles. The Morgan fingerprint density at radius 1 is 1.29 bits per heavy atom. The van der Waals surface area contributed by atoms with Crippen LogP contribution in [-0.2, 0) is 16.1 Å². The van der Waals surface area contributed by atoms with Crippen molar-refractivity contribution in [1.82, 2.24) is 0 Å². The first kappa shape index (κ1) is 13.5. The first-order valence-corrected chi connectivity index (χ1v) is 5.52. The van der Waals surface area contributed by atoms with E-state index in [9.17, 15) is 4.79 Å². The third-order valence-electron chi connectivity index (χ3n) is 2.44. The molecule has 0 aromatic heterocycles. The number of rotatable bonds is 6. The minimum absolute atomic E-state index is 0.0502. The van der Waals surface area contributed by atoms with Gasteiger partial charge in [-0.2, -0.15) is 0 Å². The largest absolute Gasteiger partial charge is 0.497 e. The number of benzene rings is 1. The van der Waals surface area contributed by atoms with E-state index in [0.717, 1.165) is 11.3 Å². The summed E-state index contributed by atoms with van der Waals surface area (Å²) in [6.45, 7) is 3.94. The van der Waals surface area contributed by atoms with Crippen LogP contribution >= 0.6 is 0 Å². The van der Waals surface area contributed by atoms with Gasteiger partial charge in [0.15, 0.2) is 6.10 Å². The summed E-state index contributed by atoms with van der Waals surface area (Å²) in [5.74, 6) is -0.202. The molecule has 0 saturated heterocycles. The summed E-state index contributed by atoms with van der Waals surface area (Å²) in [5, 5.41) is 8.96. The predicted octanol–water partition coefficient (Wildman–Crippen LogP) is 2.32. The van der Waals surface area contributed by atoms with E-state index in [-0.39, 0.29) is 5.92 Å². The van der Waals surface area contributed by atoms with Crippen molar-refractivity contribution in [3.05, 3.63) is 29.8 Å². The molecule has 1 N–H and O–H groups in total. The molecule has 4 heteroatoms. The molecule has 0 heterocycles. The Balaban J connectivity index is 2.56. The topological polar surface area (TPSA) is 55.8 Å². The summed E-state index contributed by atoms with van der Waals surface area (Å²) in [6, 6.07) is 7.36. The van der Waals surface area contributed by atoms with Gasteiger partial charge in [0, 0.05) is 0 Å². The number of carboxylic acids is 1. The zero-order valence-corrected chi connectivity index (χ0v) is 10.3. The molecule has 94 valence electrons. The minimum Gasteiger partial charge on any atom is -0.497 e. The number of carboxylic acid groups (broad SMARTS) is 1. The molecule has 0 unspecified atom stereocenters. The number of carbonyl (C=O) groups is 1. The van der Waals surface area contributed by atoms with Crippen LogP contribution in [0, 0.1) is 5.92 Å². The Labute approximate surface area is 101 Å². The van der Waals surface area contributed by atoms with Gasteiger partial charge in [0.2, 0.25) is 0 Å². The molecule has 17 heavy (non-hydrogen) atoms. The molecule has 1 atom stereocenters. The fourth-order valence-corrected chi connectivity index (χ4v) is 1.46. The summed E-state index contributed by atoms with van der Waals surface area (Å²) in [5.41, 5.74) is 0.928. The maximum atomic E-state index is 10.9. The third-order valence-corrected chi connectivity index (χ3v) is 2.44. The van der Waals surface area contributed by atoms with Gasteiger partial charge in [0.1, 0.15) is 5.75 Å². The first-order chi connectivity index (χ1) is 8.04. The molecule has 0 bridgehead atoms. The molecule has 0 fully saturated rings. The third kappa shape index (κ3) is 4.07. The summed E-state index contributed by atoms with van der Waals surface area (Å²) in [6.07, 6.45) is -0.767. The van der Waals surface area contributed by atoms with E-state index in [4.69, 9.17) is 14.6 Å². The van der Waals surface area contributed by atoms with Crippen LogP contribution in [0.4, 0.5) is 0 Å². The van der Waals surface area contributed by atoms with Crippen molar-refractivity contribution in [2.24, 2.45) is 5.92 Å². The zero-order valence-electron chi connectivity index (χ0n) is 10.3. The molecule has 1 aromatic carbocycles. The highest BCUT2D eigenvalue weighted by molar-refractivity contribution is 5.72. The molecule has 0 aliphatic rings. The van der Waals surface area contributed by atoms with Gasteiger partial charge < -0.3 is 14.6 Å². The molecular formula is C13H18O4. The van der Waals surface area contributed by atoms with Crippen LogP contribution in [0.5, 0.6) is 5.75 Å². The lowest BCUT2D eigenvalue weighted by Crippen LogP contribution is -2.29. The van der Waals surface area contributed by atoms with E-state index < -0.39 is 12.1 Å². The SMILES string of the molecule is COc1ccc(CO[C@@H](C(=O)O)C(C)C)cc1. The van der Waals surface area contributed by atoms with Crippen molar-refractivity contribution in [2.45, 2.75) is 26.6 Å². The van der Waals surface area contributed by atoms with Gasteiger partial charge in [-0.25, -0.2) is 4.79 Å². The van der Waals surface area contributed by atoms with E-state index in [1.807, 2.05) is 38.1 Å². The van der Waals surface area contributed by atoms with Gasteiger partial charge in [-0.3, -0.25) is 0 Å². The lowest BCUT2D eigenvalue weighted by Gasteiger charge is -2.17. The summed E-state index contributed by atoms with van der Waals surface area (Å²) >= 11 is 0. The van der Waals surface area contributed by atoms with Crippen molar-refractivity contribution in [2.75, 3.05) is 7.11 Å². The van der Waals surface area contributed by atoms with Crippen LogP contribution in [-0.4, -0.2) is 24.3 Å². The summed E-state index contributed by atoms with van der Waals surface area (Å²) in [7, 11) is 1.60. The van der Waals surface area contributed by atoms with Crippen LogP contribution in [0.25, 0.3) is 0 Å². The van der Waals surface area contributed by atoms with Crippen molar-refractivity contribution in [1.29, 1.82) is 0 Å². The van der Waals surface area contributed by atoms with Gasteiger partial charge in [0.25, 0.3) is 0 Å². The predicted molar refractivity (Wildman–Crippen MR) is 64.0 cm³/mol. The summed E-state index contributed by atoms with van der Waals surface area (Å²) < 4.78 is 10.4. The molecule has 4 nitrogen and oxygen atoms in total. The quantitative estimate of drug-likeness (QED) is 0.826. The molecular weight excluding hydrogens is 220 g/mol. The lowest BCUT2D eigenvalue weighted by atomic mass is 10.1. The zero-order chi connectivity index (χ0) is 12.8. The van der Waals surface area contributed by atoms with Gasteiger partial charge in [0.05, 0.1) is 13.7 Å². The van der Waals surface area contributed by atoms with Crippen molar-refractivity contribution < 1.29 is 19.4 Å². The van der Waals surface area contributed by atoms with Crippen LogP contribution in [0.15, 0.2) is 24.3 Å². The Hall–Kier alpha value is -1.55. The molecule has 1 rings (SSSR count). The second-order valence-corrected chi connectivity index (χ2v) is 4.16. The van der Waals surface area contributed by atoms with Crippen LogP contribution in [0.2, 0.25) is 0 Å². The van der Waals surface area contributed by atoms with Crippen LogP contribution < -0.4 is 4.74 Å². The van der Waals surface area contributed by atoms with E-state index in [1.165, 1.54) is 0 Å². The van der Waals surface area contributed by atoms with E-state index in [2.05, 4.69) is 0 Å². The monoisotopic (exact) mass is 238 g/mol. The average molecular weight is 238 g/mol. The number of ether oxygens (including phenoxy) is 2. The number of aliphatic carboxylic acids is 1. The van der Waals surface area contributed by atoms with Crippen molar-refractivity contribution in [3.8, 4) is 5.75 Å². The fourth-order valence-electron chi connectivity index (χ4n) is 1.46. The highest BCUT2D eigenvalue weighted by Gasteiger charge is 2.21. The van der Waals surface area contributed by atoms with Gasteiger partial charge >= 0.3 is 5.97 Å². The fraction of sp³-hybridized carbons (Fsp3) is 0.462. The van der Waals surface area contributed by atoms with Crippen LogP contribution in [0.3, 0.4) is 0 Å². The molecule has 0 spiro atoms. The average Bonchev–Trinajstić information content (AvgIpc) is 2.29. The lowest BCUT2D eigenvalue weighted by molar-refractivity contribution is -0.154. The molecule has 0 aliphatic heterocycles. The van der Waals surface area contributed by atoms with E-state index in [0.29, 0.717) is 6.61 Å². The standard InChI is InChI=1S/C13H18O4/c1-9(2)12(13(14)15)17-8-10-4-6-11(16-3)7-5-10/h4-7,9,12H,8H2,1-3H3,(H,14,15)/t12-/m1/s1. The Bertz CT molecular complexity index is 356. The maximum Gasteiger partial charge on any atom is 0.333 e. The van der Waals surface area contributed by atoms with Gasteiger partial charge in [-0.05, 0) is 23.6 Å². The molecule has 0 aliphatic carbocycles. The van der Waals surface area contributed by atoms with Crippen LogP contribution in [0.1, 0.15) is 19.4 Å². The molecule has 0 radical (unpaired) electrons. The van der Waals surface area contributed by atoms with Crippen molar-refractivity contribution in [3.63, 3.8) is 0 Å². The Kier molecular flexibility index (Phi) is 4.97. The molecule has 1 aromatic rings.